The Kier molecular flexibility index (Phi) is 5.11. The van der Waals surface area contributed by atoms with Gasteiger partial charge in [0.2, 0.25) is 0 Å². The summed E-state index contributed by atoms with van der Waals surface area (Å²) in [7, 11) is 0. The van der Waals surface area contributed by atoms with E-state index in [-0.39, 0.29) is 18.3 Å². The number of anilines is 1. The van der Waals surface area contributed by atoms with Gasteiger partial charge in [-0.2, -0.15) is 8.78 Å². The Hall–Kier alpha value is -2.14. The van der Waals surface area contributed by atoms with Crippen LogP contribution in [0.25, 0.3) is 0 Å². The molecule has 112 valence electrons. The lowest BCUT2D eigenvalue weighted by Crippen LogP contribution is -2.21. The average molecular weight is 292 g/mol. The molecule has 0 aromatic heterocycles. The molecule has 0 saturated carbocycles. The molecule has 5 heteroatoms. The van der Waals surface area contributed by atoms with Crippen LogP contribution in [0.15, 0.2) is 48.5 Å². The second-order valence-electron chi connectivity index (χ2n) is 4.71. The van der Waals surface area contributed by atoms with Crippen LogP contribution in [-0.2, 0) is 0 Å². The number of benzene rings is 2. The van der Waals surface area contributed by atoms with Gasteiger partial charge in [-0.1, -0.05) is 35.9 Å². The van der Waals surface area contributed by atoms with E-state index in [1.165, 1.54) is 6.07 Å². The second-order valence-corrected chi connectivity index (χ2v) is 4.71. The van der Waals surface area contributed by atoms with E-state index in [0.29, 0.717) is 5.56 Å². The third-order valence-corrected chi connectivity index (χ3v) is 3.14. The number of hydrogen-bond donors (Lipinski definition) is 2. The van der Waals surface area contributed by atoms with Crippen molar-refractivity contribution in [2.24, 2.45) is 5.73 Å². The van der Waals surface area contributed by atoms with Gasteiger partial charge in [-0.05, 0) is 25.1 Å². The Balaban J connectivity index is 2.22. The van der Waals surface area contributed by atoms with Crippen molar-refractivity contribution in [2.75, 3.05) is 11.9 Å². The normalized spacial score (nSPS) is 12.2. The van der Waals surface area contributed by atoms with E-state index in [9.17, 15) is 8.78 Å². The van der Waals surface area contributed by atoms with E-state index in [4.69, 9.17) is 5.73 Å². The first-order valence-corrected chi connectivity index (χ1v) is 6.67. The molecule has 0 radical (unpaired) electrons. The highest BCUT2D eigenvalue weighted by Gasteiger charge is 2.16. The van der Waals surface area contributed by atoms with Gasteiger partial charge in [-0.3, -0.25) is 0 Å². The molecular weight excluding hydrogens is 274 g/mol. The molecule has 0 aliphatic carbocycles. The van der Waals surface area contributed by atoms with Crippen molar-refractivity contribution in [3.05, 3.63) is 59.7 Å². The first kappa shape index (κ1) is 15.3. The van der Waals surface area contributed by atoms with Crippen LogP contribution < -0.4 is 15.8 Å². The van der Waals surface area contributed by atoms with E-state index in [1.54, 1.807) is 18.2 Å². The minimum absolute atomic E-state index is 0.141. The number of halogens is 2. The molecule has 2 rings (SSSR count). The fourth-order valence-electron chi connectivity index (χ4n) is 2.09. The molecule has 1 atom stereocenters. The maximum atomic E-state index is 12.5. The number of rotatable bonds is 6. The molecule has 21 heavy (non-hydrogen) atoms. The minimum atomic E-state index is -2.86. The molecule has 2 aromatic carbocycles. The number of hydrogen-bond acceptors (Lipinski definition) is 3. The minimum Gasteiger partial charge on any atom is -0.434 e. The third-order valence-electron chi connectivity index (χ3n) is 3.14. The van der Waals surface area contributed by atoms with Gasteiger partial charge in [-0.15, -0.1) is 0 Å². The summed E-state index contributed by atoms with van der Waals surface area (Å²) < 4.78 is 29.5. The second kappa shape index (κ2) is 7.04. The Morgan fingerprint density at radius 2 is 1.76 bits per heavy atom. The van der Waals surface area contributed by atoms with Crippen molar-refractivity contribution < 1.29 is 13.5 Å². The Morgan fingerprint density at radius 1 is 1.10 bits per heavy atom. The lowest BCUT2D eigenvalue weighted by atomic mass is 10.1. The fraction of sp³-hybridized carbons (Fsp3) is 0.250. The average Bonchev–Trinajstić information content (AvgIpc) is 2.47. The summed E-state index contributed by atoms with van der Waals surface area (Å²) >= 11 is 0. The van der Waals surface area contributed by atoms with Crippen molar-refractivity contribution in [1.82, 2.24) is 0 Å². The number of ether oxygens (including phenoxy) is 1. The van der Waals surface area contributed by atoms with E-state index >= 15 is 0 Å². The van der Waals surface area contributed by atoms with Gasteiger partial charge in [-0.25, -0.2) is 0 Å². The standard InChI is InChI=1S/C16H18F2N2O/c1-11-6-8-12(9-7-11)20-14(10-19)13-4-2-3-5-15(13)21-16(17)18/h2-9,14,16,20H,10,19H2,1H3. The zero-order valence-electron chi connectivity index (χ0n) is 11.7. The van der Waals surface area contributed by atoms with Gasteiger partial charge in [0, 0.05) is 17.8 Å². The monoisotopic (exact) mass is 292 g/mol. The highest BCUT2D eigenvalue weighted by molar-refractivity contribution is 5.49. The third kappa shape index (κ3) is 4.16. The van der Waals surface area contributed by atoms with Crippen LogP contribution in [0.4, 0.5) is 14.5 Å². The molecule has 3 nitrogen and oxygen atoms in total. The molecule has 0 aliphatic heterocycles. The van der Waals surface area contributed by atoms with Gasteiger partial charge in [0.1, 0.15) is 5.75 Å². The lowest BCUT2D eigenvalue weighted by Gasteiger charge is -2.21. The van der Waals surface area contributed by atoms with Crippen molar-refractivity contribution in [3.8, 4) is 5.75 Å². The van der Waals surface area contributed by atoms with Crippen molar-refractivity contribution in [1.29, 1.82) is 0 Å². The molecule has 0 heterocycles. The number of para-hydroxylation sites is 1. The van der Waals surface area contributed by atoms with E-state index < -0.39 is 6.61 Å². The van der Waals surface area contributed by atoms with Crippen LogP contribution in [0.3, 0.4) is 0 Å². The molecule has 0 bridgehead atoms. The zero-order valence-corrected chi connectivity index (χ0v) is 11.7. The van der Waals surface area contributed by atoms with Crippen molar-refractivity contribution in [2.45, 2.75) is 19.6 Å². The lowest BCUT2D eigenvalue weighted by molar-refractivity contribution is -0.0505. The number of alkyl halides is 2. The number of nitrogens with one attached hydrogen (secondary N) is 1. The molecule has 2 aromatic rings. The summed E-state index contributed by atoms with van der Waals surface area (Å²) in [6.07, 6.45) is 0. The van der Waals surface area contributed by atoms with Crippen LogP contribution in [0, 0.1) is 6.92 Å². The maximum absolute atomic E-state index is 12.5. The van der Waals surface area contributed by atoms with Crippen molar-refractivity contribution in [3.63, 3.8) is 0 Å². The van der Waals surface area contributed by atoms with Crippen LogP contribution in [0.2, 0.25) is 0 Å². The largest absolute Gasteiger partial charge is 0.434 e. The molecule has 0 fully saturated rings. The number of nitrogens with two attached hydrogens (primary N) is 1. The quantitative estimate of drug-likeness (QED) is 0.853. The van der Waals surface area contributed by atoms with Crippen LogP contribution >= 0.6 is 0 Å². The summed E-state index contributed by atoms with van der Waals surface area (Å²) in [5, 5.41) is 3.24. The number of aryl methyl sites for hydroxylation is 1. The maximum Gasteiger partial charge on any atom is 0.387 e. The van der Waals surface area contributed by atoms with E-state index in [0.717, 1.165) is 11.3 Å². The van der Waals surface area contributed by atoms with Gasteiger partial charge in [0.25, 0.3) is 0 Å². The highest BCUT2D eigenvalue weighted by atomic mass is 19.3. The van der Waals surface area contributed by atoms with E-state index in [1.807, 2.05) is 31.2 Å². The summed E-state index contributed by atoms with van der Waals surface area (Å²) in [6, 6.07) is 14.2. The highest BCUT2D eigenvalue weighted by Crippen LogP contribution is 2.28. The van der Waals surface area contributed by atoms with Crippen molar-refractivity contribution >= 4 is 5.69 Å². The van der Waals surface area contributed by atoms with Crippen LogP contribution in [-0.4, -0.2) is 13.2 Å². The van der Waals surface area contributed by atoms with Gasteiger partial charge in [0.05, 0.1) is 6.04 Å². The molecule has 0 aliphatic rings. The first-order chi connectivity index (χ1) is 10.1. The Labute approximate surface area is 122 Å². The molecule has 0 spiro atoms. The molecule has 0 saturated heterocycles. The zero-order chi connectivity index (χ0) is 15.2. The topological polar surface area (TPSA) is 47.3 Å². The summed E-state index contributed by atoms with van der Waals surface area (Å²) in [5.41, 5.74) is 8.41. The summed E-state index contributed by atoms with van der Waals surface area (Å²) in [6.45, 7) is -0.600. The van der Waals surface area contributed by atoms with Crippen LogP contribution in [0.5, 0.6) is 5.75 Å². The molecule has 1 unspecified atom stereocenters. The van der Waals surface area contributed by atoms with E-state index in [2.05, 4.69) is 10.1 Å². The Bertz CT molecular complexity index is 573. The van der Waals surface area contributed by atoms with Gasteiger partial charge < -0.3 is 15.8 Å². The first-order valence-electron chi connectivity index (χ1n) is 6.67. The Morgan fingerprint density at radius 3 is 2.38 bits per heavy atom. The predicted molar refractivity (Wildman–Crippen MR) is 79.7 cm³/mol. The molecule has 3 N–H and O–H groups in total. The molecule has 0 amide bonds. The summed E-state index contributed by atoms with van der Waals surface area (Å²) in [5.74, 6) is 0.141. The summed E-state index contributed by atoms with van der Waals surface area (Å²) in [4.78, 5) is 0. The molecular formula is C16H18F2N2O. The predicted octanol–water partition coefficient (Wildman–Crippen LogP) is 3.71. The van der Waals surface area contributed by atoms with Crippen LogP contribution in [0.1, 0.15) is 17.2 Å². The SMILES string of the molecule is Cc1ccc(NC(CN)c2ccccc2OC(F)F)cc1. The van der Waals surface area contributed by atoms with Gasteiger partial charge >= 0.3 is 6.61 Å². The van der Waals surface area contributed by atoms with Gasteiger partial charge in [0.15, 0.2) is 0 Å². The smallest absolute Gasteiger partial charge is 0.387 e. The fourth-order valence-corrected chi connectivity index (χ4v) is 2.09.